The van der Waals surface area contributed by atoms with Crippen molar-refractivity contribution in [3.63, 3.8) is 0 Å². The lowest BCUT2D eigenvalue weighted by Gasteiger charge is -2.49. The van der Waals surface area contributed by atoms with E-state index in [1.165, 1.54) is 0 Å². The zero-order valence-corrected chi connectivity index (χ0v) is 9.77. The van der Waals surface area contributed by atoms with E-state index in [9.17, 15) is 5.11 Å². The van der Waals surface area contributed by atoms with Crippen LogP contribution in [0.5, 0.6) is 0 Å². The highest BCUT2D eigenvalue weighted by molar-refractivity contribution is 4.89. The molecular weight excluding hydrogens is 196 g/mol. The van der Waals surface area contributed by atoms with Crippen molar-refractivity contribution in [3.05, 3.63) is 0 Å². The fraction of sp³-hybridized carbons (Fsp3) is 1.00. The summed E-state index contributed by atoms with van der Waals surface area (Å²) in [7, 11) is 0. The third-order valence-electron chi connectivity index (χ3n) is 3.49. The van der Waals surface area contributed by atoms with Crippen molar-refractivity contribution < 1.29 is 19.3 Å². The molecule has 2 fully saturated rings. The molecule has 0 aliphatic carbocycles. The fourth-order valence-corrected chi connectivity index (χ4v) is 2.24. The highest BCUT2D eigenvalue weighted by atomic mass is 16.7. The minimum atomic E-state index is -0.699. The van der Waals surface area contributed by atoms with Crippen molar-refractivity contribution in [3.8, 4) is 0 Å². The molecule has 2 aliphatic heterocycles. The van der Waals surface area contributed by atoms with Gasteiger partial charge in [0.05, 0.1) is 12.7 Å². The molecular formula is C11H20O4. The summed E-state index contributed by atoms with van der Waals surface area (Å²) in [4.78, 5) is 0. The molecule has 4 heteroatoms. The van der Waals surface area contributed by atoms with E-state index < -0.39 is 12.1 Å². The summed E-state index contributed by atoms with van der Waals surface area (Å²) in [6.07, 6.45) is -0.818. The second kappa shape index (κ2) is 3.70. The van der Waals surface area contributed by atoms with E-state index >= 15 is 0 Å². The average Bonchev–Trinajstić information content (AvgIpc) is 2.16. The van der Waals surface area contributed by atoms with Crippen molar-refractivity contribution in [2.24, 2.45) is 11.8 Å². The quantitative estimate of drug-likeness (QED) is 0.659. The van der Waals surface area contributed by atoms with Gasteiger partial charge in [0.2, 0.25) is 0 Å². The first kappa shape index (κ1) is 11.3. The SMILES string of the molecule is CC1C(O)OC2COC(C)(C)OC2C1C. The summed E-state index contributed by atoms with van der Waals surface area (Å²) in [6.45, 7) is 8.38. The summed E-state index contributed by atoms with van der Waals surface area (Å²) in [6, 6.07) is 0. The van der Waals surface area contributed by atoms with Gasteiger partial charge in [-0.15, -0.1) is 0 Å². The van der Waals surface area contributed by atoms with Crippen LogP contribution in [0.4, 0.5) is 0 Å². The van der Waals surface area contributed by atoms with Gasteiger partial charge in [0.25, 0.3) is 0 Å². The van der Waals surface area contributed by atoms with Crippen molar-refractivity contribution in [1.29, 1.82) is 0 Å². The Hall–Kier alpha value is -0.160. The molecule has 0 saturated carbocycles. The molecule has 2 rings (SSSR count). The Bertz CT molecular complexity index is 239. The molecule has 2 aliphatic rings. The number of aliphatic hydroxyl groups excluding tert-OH is 1. The van der Waals surface area contributed by atoms with Crippen molar-refractivity contribution in [1.82, 2.24) is 0 Å². The van der Waals surface area contributed by atoms with Crippen molar-refractivity contribution in [2.45, 2.75) is 52.0 Å². The maximum atomic E-state index is 9.68. The smallest absolute Gasteiger partial charge is 0.163 e. The maximum Gasteiger partial charge on any atom is 0.163 e. The number of ether oxygens (including phenoxy) is 3. The van der Waals surface area contributed by atoms with E-state index in [1.54, 1.807) is 0 Å². The second-order valence-electron chi connectivity index (χ2n) is 5.08. The molecule has 0 radical (unpaired) electrons. The molecule has 5 unspecified atom stereocenters. The predicted octanol–water partition coefficient (Wildman–Crippen LogP) is 1.13. The van der Waals surface area contributed by atoms with E-state index in [1.807, 2.05) is 20.8 Å². The van der Waals surface area contributed by atoms with Crippen LogP contribution in [0.2, 0.25) is 0 Å². The van der Waals surface area contributed by atoms with E-state index in [0.717, 1.165) is 0 Å². The molecule has 0 aromatic rings. The lowest BCUT2D eigenvalue weighted by Crippen LogP contribution is -2.58. The number of aliphatic hydroxyl groups is 1. The Labute approximate surface area is 90.5 Å². The normalized spacial score (nSPS) is 49.8. The van der Waals surface area contributed by atoms with Gasteiger partial charge in [0, 0.05) is 5.92 Å². The molecule has 88 valence electrons. The lowest BCUT2D eigenvalue weighted by atomic mass is 9.84. The van der Waals surface area contributed by atoms with Gasteiger partial charge < -0.3 is 19.3 Å². The molecule has 15 heavy (non-hydrogen) atoms. The van der Waals surface area contributed by atoms with Gasteiger partial charge in [0.1, 0.15) is 6.10 Å². The zero-order chi connectivity index (χ0) is 11.2. The summed E-state index contributed by atoms with van der Waals surface area (Å²) in [5, 5.41) is 9.68. The highest BCUT2D eigenvalue weighted by Crippen LogP contribution is 2.37. The molecule has 0 aromatic carbocycles. The van der Waals surface area contributed by atoms with Gasteiger partial charge >= 0.3 is 0 Å². The van der Waals surface area contributed by atoms with Crippen LogP contribution in [0.1, 0.15) is 27.7 Å². The summed E-state index contributed by atoms with van der Waals surface area (Å²) >= 11 is 0. The summed E-state index contributed by atoms with van der Waals surface area (Å²) < 4.78 is 16.8. The van der Waals surface area contributed by atoms with E-state index in [0.29, 0.717) is 6.61 Å². The van der Waals surface area contributed by atoms with E-state index in [-0.39, 0.29) is 24.0 Å². The van der Waals surface area contributed by atoms with Crippen LogP contribution in [0.15, 0.2) is 0 Å². The van der Waals surface area contributed by atoms with E-state index in [2.05, 4.69) is 6.92 Å². The van der Waals surface area contributed by atoms with Crippen LogP contribution in [0.3, 0.4) is 0 Å². The lowest BCUT2D eigenvalue weighted by molar-refractivity contribution is -0.362. The third-order valence-corrected chi connectivity index (χ3v) is 3.49. The second-order valence-corrected chi connectivity index (χ2v) is 5.08. The molecule has 0 aromatic heterocycles. The molecule has 0 spiro atoms. The van der Waals surface area contributed by atoms with Crippen LogP contribution in [0.25, 0.3) is 0 Å². The van der Waals surface area contributed by atoms with Gasteiger partial charge in [-0.2, -0.15) is 0 Å². The minimum absolute atomic E-state index is 0.0205. The molecule has 1 N–H and O–H groups in total. The van der Waals surface area contributed by atoms with Gasteiger partial charge in [-0.3, -0.25) is 0 Å². The minimum Gasteiger partial charge on any atom is -0.368 e. The molecule has 2 heterocycles. The number of fused-ring (bicyclic) bond motifs is 1. The predicted molar refractivity (Wildman–Crippen MR) is 54.1 cm³/mol. The van der Waals surface area contributed by atoms with Crippen LogP contribution in [0, 0.1) is 11.8 Å². The first-order chi connectivity index (χ1) is 6.91. The first-order valence-corrected chi connectivity index (χ1v) is 5.56. The highest BCUT2D eigenvalue weighted by Gasteiger charge is 2.47. The van der Waals surface area contributed by atoms with Gasteiger partial charge in [-0.25, -0.2) is 0 Å². The Balaban J connectivity index is 2.12. The number of hydrogen-bond donors (Lipinski definition) is 1. The van der Waals surface area contributed by atoms with Crippen molar-refractivity contribution >= 4 is 0 Å². The topological polar surface area (TPSA) is 47.9 Å². The summed E-state index contributed by atoms with van der Waals surface area (Å²) in [5.41, 5.74) is 0. The van der Waals surface area contributed by atoms with Crippen LogP contribution < -0.4 is 0 Å². The molecule has 4 nitrogen and oxygen atoms in total. The van der Waals surface area contributed by atoms with Crippen LogP contribution in [-0.4, -0.2) is 36.0 Å². The Morgan fingerprint density at radius 1 is 1.20 bits per heavy atom. The average molecular weight is 216 g/mol. The maximum absolute atomic E-state index is 9.68. The van der Waals surface area contributed by atoms with Crippen LogP contribution in [-0.2, 0) is 14.2 Å². The molecule has 0 amide bonds. The van der Waals surface area contributed by atoms with Crippen molar-refractivity contribution in [2.75, 3.05) is 6.61 Å². The monoisotopic (exact) mass is 216 g/mol. The van der Waals surface area contributed by atoms with E-state index in [4.69, 9.17) is 14.2 Å². The van der Waals surface area contributed by atoms with Crippen LogP contribution >= 0.6 is 0 Å². The Morgan fingerprint density at radius 3 is 2.53 bits per heavy atom. The fourth-order valence-electron chi connectivity index (χ4n) is 2.24. The largest absolute Gasteiger partial charge is 0.368 e. The Morgan fingerprint density at radius 2 is 1.87 bits per heavy atom. The molecule has 2 saturated heterocycles. The zero-order valence-electron chi connectivity index (χ0n) is 9.77. The third kappa shape index (κ3) is 2.04. The number of rotatable bonds is 0. The van der Waals surface area contributed by atoms with Gasteiger partial charge in [-0.1, -0.05) is 13.8 Å². The standard InChI is InChI=1S/C11H20O4/c1-6-7(2)10(12)14-8-5-13-11(3,4)15-9(6)8/h6-10,12H,5H2,1-4H3. The first-order valence-electron chi connectivity index (χ1n) is 5.56. The molecule has 0 bridgehead atoms. The molecule has 5 atom stereocenters. The number of hydrogen-bond acceptors (Lipinski definition) is 4. The van der Waals surface area contributed by atoms with Gasteiger partial charge in [-0.05, 0) is 19.8 Å². The Kier molecular flexibility index (Phi) is 2.79. The summed E-state index contributed by atoms with van der Waals surface area (Å²) in [5.74, 6) is -0.164. The van der Waals surface area contributed by atoms with Gasteiger partial charge in [0.15, 0.2) is 12.1 Å².